The summed E-state index contributed by atoms with van der Waals surface area (Å²) in [7, 11) is 1.71. The average Bonchev–Trinajstić information content (AvgIpc) is 2.87. The summed E-state index contributed by atoms with van der Waals surface area (Å²) in [6, 6.07) is 4.13. The highest BCUT2D eigenvalue weighted by molar-refractivity contribution is 5.99. The fourth-order valence-corrected chi connectivity index (χ4v) is 3.04. The lowest BCUT2D eigenvalue weighted by Crippen LogP contribution is -2.05. The maximum Gasteiger partial charge on any atom is 0.145 e. The molecule has 0 aliphatic heterocycles. The number of nitrogens with zero attached hydrogens (tertiary/aromatic N) is 1. The molecule has 1 aliphatic carbocycles. The summed E-state index contributed by atoms with van der Waals surface area (Å²) in [6.07, 6.45) is 3.43. The lowest BCUT2D eigenvalue weighted by atomic mass is 10.0. The van der Waals surface area contributed by atoms with E-state index in [1.165, 1.54) is 34.3 Å². The first-order chi connectivity index (χ1) is 9.26. The largest absolute Gasteiger partial charge is 0.494 e. The molecule has 0 unspecified atom stereocenters. The van der Waals surface area contributed by atoms with E-state index in [1.54, 1.807) is 7.11 Å². The minimum absolute atomic E-state index is 0.870. The van der Waals surface area contributed by atoms with Gasteiger partial charge in [0.05, 0.1) is 7.11 Å². The number of aromatic nitrogens is 1. The van der Waals surface area contributed by atoms with Crippen molar-refractivity contribution >= 4 is 16.6 Å². The molecule has 1 aromatic carbocycles. The third-order valence-electron chi connectivity index (χ3n) is 3.91. The fraction of sp³-hybridized carbons (Fsp3) is 0.438. The predicted octanol–water partition coefficient (Wildman–Crippen LogP) is 3.47. The van der Waals surface area contributed by atoms with E-state index in [0.29, 0.717) is 0 Å². The number of ether oxygens (including phenoxy) is 1. The van der Waals surface area contributed by atoms with Gasteiger partial charge >= 0.3 is 0 Å². The highest BCUT2D eigenvalue weighted by Gasteiger charge is 2.21. The summed E-state index contributed by atoms with van der Waals surface area (Å²) in [5, 5.41) is 4.77. The van der Waals surface area contributed by atoms with Crippen LogP contribution >= 0.6 is 0 Å². The first kappa shape index (κ1) is 12.3. The summed E-state index contributed by atoms with van der Waals surface area (Å²) in [6.45, 7) is 5.22. The molecule has 0 atom stereocenters. The normalized spacial score (nSPS) is 13.6. The molecule has 100 valence electrons. The molecule has 3 nitrogen and oxygen atoms in total. The molecule has 3 heteroatoms. The third-order valence-corrected chi connectivity index (χ3v) is 3.91. The third kappa shape index (κ3) is 1.84. The fourth-order valence-electron chi connectivity index (χ4n) is 3.04. The summed E-state index contributed by atoms with van der Waals surface area (Å²) in [4.78, 5) is 4.87. The highest BCUT2D eigenvalue weighted by Crippen LogP contribution is 2.38. The van der Waals surface area contributed by atoms with Crippen LogP contribution in [0, 0.1) is 6.92 Å². The Morgan fingerprint density at radius 3 is 2.89 bits per heavy atom. The number of aryl methyl sites for hydroxylation is 2. The Bertz CT molecular complexity index is 634. The smallest absolute Gasteiger partial charge is 0.145 e. The maximum absolute atomic E-state index is 5.49. The molecule has 0 bridgehead atoms. The van der Waals surface area contributed by atoms with Crippen molar-refractivity contribution in [1.29, 1.82) is 0 Å². The Morgan fingerprint density at radius 2 is 2.16 bits per heavy atom. The van der Waals surface area contributed by atoms with Crippen molar-refractivity contribution in [2.75, 3.05) is 19.0 Å². The van der Waals surface area contributed by atoms with Crippen molar-refractivity contribution in [3.8, 4) is 5.75 Å². The minimum atomic E-state index is 0.870. The molecule has 0 saturated heterocycles. The van der Waals surface area contributed by atoms with Gasteiger partial charge in [-0.3, -0.25) is 0 Å². The second kappa shape index (κ2) is 4.72. The minimum Gasteiger partial charge on any atom is -0.494 e. The molecule has 0 radical (unpaired) electrons. The van der Waals surface area contributed by atoms with Gasteiger partial charge in [0.25, 0.3) is 0 Å². The van der Waals surface area contributed by atoms with Gasteiger partial charge in [-0.15, -0.1) is 0 Å². The van der Waals surface area contributed by atoms with Gasteiger partial charge in [-0.25, -0.2) is 4.98 Å². The maximum atomic E-state index is 5.49. The molecule has 19 heavy (non-hydrogen) atoms. The van der Waals surface area contributed by atoms with Gasteiger partial charge in [-0.05, 0) is 50.3 Å². The molecule has 0 saturated carbocycles. The Balaban J connectivity index is 2.40. The SMILES string of the molecule is CCNc1c2c(nc3c(OC)ccc(C)c13)CCC2. The van der Waals surface area contributed by atoms with Gasteiger partial charge in [0.1, 0.15) is 11.3 Å². The van der Waals surface area contributed by atoms with Crippen LogP contribution in [0.3, 0.4) is 0 Å². The van der Waals surface area contributed by atoms with Crippen molar-refractivity contribution in [3.63, 3.8) is 0 Å². The van der Waals surface area contributed by atoms with Crippen LogP contribution in [0.2, 0.25) is 0 Å². The van der Waals surface area contributed by atoms with Gasteiger partial charge in [0.2, 0.25) is 0 Å². The second-order valence-corrected chi connectivity index (χ2v) is 5.10. The van der Waals surface area contributed by atoms with Crippen molar-refractivity contribution < 1.29 is 4.74 Å². The Labute approximate surface area is 114 Å². The number of anilines is 1. The van der Waals surface area contributed by atoms with Crippen LogP contribution in [0.25, 0.3) is 10.9 Å². The van der Waals surface area contributed by atoms with Crippen molar-refractivity contribution in [1.82, 2.24) is 4.98 Å². The number of nitrogens with one attached hydrogen (secondary N) is 1. The number of hydrogen-bond acceptors (Lipinski definition) is 3. The van der Waals surface area contributed by atoms with E-state index < -0.39 is 0 Å². The second-order valence-electron chi connectivity index (χ2n) is 5.10. The van der Waals surface area contributed by atoms with E-state index in [0.717, 1.165) is 30.7 Å². The van der Waals surface area contributed by atoms with Gasteiger partial charge in [0.15, 0.2) is 0 Å². The Hall–Kier alpha value is -1.77. The van der Waals surface area contributed by atoms with Crippen LogP contribution in [-0.4, -0.2) is 18.6 Å². The van der Waals surface area contributed by atoms with E-state index in [2.05, 4.69) is 25.2 Å². The number of methoxy groups -OCH3 is 1. The van der Waals surface area contributed by atoms with Crippen molar-refractivity contribution in [2.24, 2.45) is 0 Å². The van der Waals surface area contributed by atoms with E-state index in [4.69, 9.17) is 9.72 Å². The number of hydrogen-bond donors (Lipinski definition) is 1. The molecular formula is C16H20N2O. The molecule has 1 aliphatic rings. The van der Waals surface area contributed by atoms with E-state index in [1.807, 2.05) is 6.07 Å². The molecule has 0 spiro atoms. The van der Waals surface area contributed by atoms with Crippen molar-refractivity contribution in [3.05, 3.63) is 29.0 Å². The van der Waals surface area contributed by atoms with Gasteiger partial charge in [-0.1, -0.05) is 6.07 Å². The lowest BCUT2D eigenvalue weighted by molar-refractivity contribution is 0.418. The zero-order valence-corrected chi connectivity index (χ0v) is 11.8. The predicted molar refractivity (Wildman–Crippen MR) is 79.2 cm³/mol. The van der Waals surface area contributed by atoms with Crippen molar-refractivity contribution in [2.45, 2.75) is 33.1 Å². The topological polar surface area (TPSA) is 34.2 Å². The average molecular weight is 256 g/mol. The number of pyridine rings is 1. The first-order valence-electron chi connectivity index (χ1n) is 6.99. The number of fused-ring (bicyclic) bond motifs is 2. The molecule has 2 aromatic rings. The molecule has 0 fully saturated rings. The van der Waals surface area contributed by atoms with E-state index >= 15 is 0 Å². The van der Waals surface area contributed by atoms with Crippen LogP contribution in [0.5, 0.6) is 5.75 Å². The van der Waals surface area contributed by atoms with Gasteiger partial charge in [-0.2, -0.15) is 0 Å². The summed E-state index contributed by atoms with van der Waals surface area (Å²) >= 11 is 0. The molecule has 1 N–H and O–H groups in total. The molecule has 3 rings (SSSR count). The highest BCUT2D eigenvalue weighted by atomic mass is 16.5. The van der Waals surface area contributed by atoms with E-state index in [9.17, 15) is 0 Å². The van der Waals surface area contributed by atoms with Crippen LogP contribution in [0.1, 0.15) is 30.2 Å². The Morgan fingerprint density at radius 1 is 1.32 bits per heavy atom. The number of rotatable bonds is 3. The number of benzene rings is 1. The monoisotopic (exact) mass is 256 g/mol. The van der Waals surface area contributed by atoms with Crippen LogP contribution < -0.4 is 10.1 Å². The molecule has 1 aromatic heterocycles. The summed E-state index contributed by atoms with van der Waals surface area (Å²) in [5.41, 5.74) is 6.18. The Kier molecular flexibility index (Phi) is 3.05. The van der Waals surface area contributed by atoms with Crippen LogP contribution in [0.15, 0.2) is 12.1 Å². The quantitative estimate of drug-likeness (QED) is 0.913. The summed E-state index contributed by atoms with van der Waals surface area (Å²) in [5.74, 6) is 0.870. The van der Waals surface area contributed by atoms with Gasteiger partial charge < -0.3 is 10.1 Å². The summed E-state index contributed by atoms with van der Waals surface area (Å²) < 4.78 is 5.49. The molecule has 1 heterocycles. The standard InChI is InChI=1S/C16H20N2O/c1-4-17-15-11-6-5-7-12(11)18-16-13(19-3)9-8-10(2)14(15)16/h8-9H,4-7H2,1-3H3,(H,17,18). The zero-order valence-electron chi connectivity index (χ0n) is 11.8. The lowest BCUT2D eigenvalue weighted by Gasteiger charge is -2.16. The zero-order chi connectivity index (χ0) is 13.4. The van der Waals surface area contributed by atoms with Crippen LogP contribution in [-0.2, 0) is 12.8 Å². The van der Waals surface area contributed by atoms with E-state index in [-0.39, 0.29) is 0 Å². The first-order valence-corrected chi connectivity index (χ1v) is 6.99. The molecular weight excluding hydrogens is 236 g/mol. The van der Waals surface area contributed by atoms with Gasteiger partial charge in [0, 0.05) is 23.3 Å². The van der Waals surface area contributed by atoms with Crippen LogP contribution in [0.4, 0.5) is 5.69 Å². The molecule has 0 amide bonds.